The molecule has 0 atom stereocenters. The molecule has 86 valence electrons. The minimum absolute atomic E-state index is 0.123. The molecule has 0 amide bonds. The average Bonchev–Trinajstić information content (AvgIpc) is 2.47. The summed E-state index contributed by atoms with van der Waals surface area (Å²) >= 11 is 0. The lowest BCUT2D eigenvalue weighted by molar-refractivity contribution is -0.142. The normalized spacial score (nSPS) is 16.4. The highest BCUT2D eigenvalue weighted by atomic mass is 16.5. The lowest BCUT2D eigenvalue weighted by Crippen LogP contribution is -2.24. The number of rotatable bonds is 2. The van der Waals surface area contributed by atoms with E-state index in [0.717, 1.165) is 17.7 Å². The molecule has 0 saturated carbocycles. The molecule has 0 aliphatic carbocycles. The fourth-order valence-electron chi connectivity index (χ4n) is 1.91. The van der Waals surface area contributed by atoms with Crippen LogP contribution in [0.4, 0.5) is 0 Å². The first-order valence-electron chi connectivity index (χ1n) is 5.40. The summed E-state index contributed by atoms with van der Waals surface area (Å²) in [6.45, 7) is 5.86. The van der Waals surface area contributed by atoms with Crippen molar-refractivity contribution in [2.75, 3.05) is 0 Å². The molecular weight excluding hydrogens is 204 g/mol. The Bertz CT molecular complexity index is 421. The van der Waals surface area contributed by atoms with Gasteiger partial charge in [0.05, 0.1) is 0 Å². The third-order valence-electron chi connectivity index (χ3n) is 2.58. The van der Waals surface area contributed by atoms with E-state index in [9.17, 15) is 4.79 Å². The molecule has 0 radical (unpaired) electrons. The Morgan fingerprint density at radius 2 is 2.25 bits per heavy atom. The molecule has 0 unspecified atom stereocenters. The maximum atomic E-state index is 10.7. The highest BCUT2D eigenvalue weighted by Gasteiger charge is 2.29. The van der Waals surface area contributed by atoms with Crippen molar-refractivity contribution in [3.05, 3.63) is 29.3 Å². The maximum Gasteiger partial charge on any atom is 0.302 e. The quantitative estimate of drug-likeness (QED) is 0.718. The third kappa shape index (κ3) is 2.35. The van der Waals surface area contributed by atoms with E-state index in [0.29, 0.717) is 6.61 Å². The molecule has 0 N–H and O–H groups in total. The van der Waals surface area contributed by atoms with Gasteiger partial charge in [0.25, 0.3) is 0 Å². The van der Waals surface area contributed by atoms with Gasteiger partial charge in [0.15, 0.2) is 0 Å². The molecule has 1 heterocycles. The summed E-state index contributed by atoms with van der Waals surface area (Å²) in [5.41, 5.74) is 2.06. The highest BCUT2D eigenvalue weighted by Crippen LogP contribution is 2.35. The first kappa shape index (κ1) is 11.0. The van der Waals surface area contributed by atoms with Crippen LogP contribution in [0.5, 0.6) is 5.75 Å². The second-order valence-electron chi connectivity index (χ2n) is 4.76. The molecule has 0 spiro atoms. The topological polar surface area (TPSA) is 35.5 Å². The zero-order valence-electron chi connectivity index (χ0n) is 9.87. The van der Waals surface area contributed by atoms with Gasteiger partial charge in [0.1, 0.15) is 18.0 Å². The van der Waals surface area contributed by atoms with Crippen molar-refractivity contribution in [3.63, 3.8) is 0 Å². The summed E-state index contributed by atoms with van der Waals surface area (Å²) in [6, 6.07) is 5.97. The van der Waals surface area contributed by atoms with Crippen LogP contribution in [0.3, 0.4) is 0 Å². The van der Waals surface area contributed by atoms with E-state index in [1.54, 1.807) is 0 Å². The Balaban J connectivity index is 2.13. The first-order chi connectivity index (χ1) is 7.46. The van der Waals surface area contributed by atoms with Gasteiger partial charge in [-0.3, -0.25) is 4.79 Å². The lowest BCUT2D eigenvalue weighted by Gasteiger charge is -2.16. The van der Waals surface area contributed by atoms with Crippen molar-refractivity contribution in [2.24, 2.45) is 0 Å². The second-order valence-corrected chi connectivity index (χ2v) is 4.76. The predicted molar refractivity (Wildman–Crippen MR) is 60.3 cm³/mol. The van der Waals surface area contributed by atoms with Crippen molar-refractivity contribution in [3.8, 4) is 5.75 Å². The Morgan fingerprint density at radius 3 is 2.94 bits per heavy atom. The molecule has 3 nitrogen and oxygen atoms in total. The van der Waals surface area contributed by atoms with Crippen molar-refractivity contribution >= 4 is 5.97 Å². The summed E-state index contributed by atoms with van der Waals surface area (Å²) < 4.78 is 10.7. The maximum absolute atomic E-state index is 10.7. The van der Waals surface area contributed by atoms with Gasteiger partial charge in [-0.2, -0.15) is 0 Å². The number of carbonyl (C=O) groups excluding carboxylic acids is 1. The van der Waals surface area contributed by atoms with E-state index in [1.165, 1.54) is 12.5 Å². The van der Waals surface area contributed by atoms with Gasteiger partial charge in [0, 0.05) is 13.3 Å². The Labute approximate surface area is 95.4 Å². The second kappa shape index (κ2) is 3.81. The molecule has 16 heavy (non-hydrogen) atoms. The van der Waals surface area contributed by atoms with Crippen LogP contribution in [0.1, 0.15) is 31.9 Å². The van der Waals surface area contributed by atoms with Crippen molar-refractivity contribution in [1.82, 2.24) is 0 Å². The van der Waals surface area contributed by atoms with Crippen LogP contribution in [-0.4, -0.2) is 11.6 Å². The number of esters is 1. The lowest BCUT2D eigenvalue weighted by atomic mass is 10.0. The molecule has 1 aromatic carbocycles. The molecule has 0 aromatic heterocycles. The van der Waals surface area contributed by atoms with Crippen LogP contribution in [0.15, 0.2) is 18.2 Å². The zero-order chi connectivity index (χ0) is 11.8. The first-order valence-corrected chi connectivity index (χ1v) is 5.40. The predicted octanol–water partition coefficient (Wildman–Crippen LogP) is 2.46. The molecule has 0 fully saturated rings. The molecule has 0 bridgehead atoms. The number of fused-ring (bicyclic) bond motifs is 1. The van der Waals surface area contributed by atoms with Crippen LogP contribution in [-0.2, 0) is 22.6 Å². The van der Waals surface area contributed by atoms with Crippen LogP contribution in [0, 0.1) is 0 Å². The fourth-order valence-corrected chi connectivity index (χ4v) is 1.91. The molecule has 3 heteroatoms. The van der Waals surface area contributed by atoms with Gasteiger partial charge < -0.3 is 9.47 Å². The number of benzene rings is 1. The average molecular weight is 220 g/mol. The van der Waals surface area contributed by atoms with Gasteiger partial charge in [-0.15, -0.1) is 0 Å². The molecule has 1 aliphatic heterocycles. The Hall–Kier alpha value is -1.51. The Morgan fingerprint density at radius 1 is 1.50 bits per heavy atom. The van der Waals surface area contributed by atoms with E-state index >= 15 is 0 Å². The monoisotopic (exact) mass is 220 g/mol. The summed E-state index contributed by atoms with van der Waals surface area (Å²) in [5.74, 6) is 0.649. The number of hydrogen-bond acceptors (Lipinski definition) is 3. The standard InChI is InChI=1S/C13H16O3/c1-9(14)15-8-10-4-5-11-7-13(2,3)16-12(11)6-10/h4-6H,7-8H2,1-3H3. The van der Waals surface area contributed by atoms with Gasteiger partial charge in [-0.25, -0.2) is 0 Å². The molecule has 0 saturated heterocycles. The SMILES string of the molecule is CC(=O)OCc1ccc2c(c1)OC(C)(C)C2. The van der Waals surface area contributed by atoms with Crippen molar-refractivity contribution in [2.45, 2.75) is 39.4 Å². The molecular formula is C13H16O3. The molecule has 1 aromatic rings. The fraction of sp³-hybridized carbons (Fsp3) is 0.462. The van der Waals surface area contributed by atoms with Crippen LogP contribution >= 0.6 is 0 Å². The van der Waals surface area contributed by atoms with Crippen LogP contribution in [0.2, 0.25) is 0 Å². The smallest absolute Gasteiger partial charge is 0.302 e. The zero-order valence-corrected chi connectivity index (χ0v) is 9.87. The summed E-state index contributed by atoms with van der Waals surface area (Å²) in [6.07, 6.45) is 0.927. The highest BCUT2D eigenvalue weighted by molar-refractivity contribution is 5.65. The number of hydrogen-bond donors (Lipinski definition) is 0. The van der Waals surface area contributed by atoms with E-state index in [2.05, 4.69) is 13.8 Å². The molecule has 1 aliphatic rings. The van der Waals surface area contributed by atoms with Crippen molar-refractivity contribution in [1.29, 1.82) is 0 Å². The molecule has 2 rings (SSSR count). The van der Waals surface area contributed by atoms with Crippen LogP contribution in [0.25, 0.3) is 0 Å². The number of carbonyl (C=O) groups is 1. The largest absolute Gasteiger partial charge is 0.487 e. The Kier molecular flexibility index (Phi) is 2.62. The van der Waals surface area contributed by atoms with Gasteiger partial charge in [-0.1, -0.05) is 12.1 Å². The minimum atomic E-state index is -0.262. The van der Waals surface area contributed by atoms with Gasteiger partial charge >= 0.3 is 5.97 Å². The summed E-state index contributed by atoms with van der Waals surface area (Å²) in [4.78, 5) is 10.7. The van der Waals surface area contributed by atoms with Crippen molar-refractivity contribution < 1.29 is 14.3 Å². The summed E-state index contributed by atoms with van der Waals surface area (Å²) in [7, 11) is 0. The third-order valence-corrected chi connectivity index (χ3v) is 2.58. The van der Waals surface area contributed by atoms with E-state index in [1.807, 2.05) is 18.2 Å². The van der Waals surface area contributed by atoms with E-state index in [4.69, 9.17) is 9.47 Å². The van der Waals surface area contributed by atoms with Gasteiger partial charge in [0.2, 0.25) is 0 Å². The number of ether oxygens (including phenoxy) is 2. The van der Waals surface area contributed by atoms with Crippen LogP contribution < -0.4 is 4.74 Å². The van der Waals surface area contributed by atoms with E-state index in [-0.39, 0.29) is 11.6 Å². The van der Waals surface area contributed by atoms with Gasteiger partial charge in [-0.05, 0) is 31.0 Å². The summed E-state index contributed by atoms with van der Waals surface area (Å²) in [5, 5.41) is 0. The minimum Gasteiger partial charge on any atom is -0.487 e. The van der Waals surface area contributed by atoms with E-state index < -0.39 is 0 Å².